The van der Waals surface area contributed by atoms with Gasteiger partial charge in [0.1, 0.15) is 5.75 Å². The van der Waals surface area contributed by atoms with Gasteiger partial charge in [-0.05, 0) is 62.6 Å². The fraction of sp³-hybridized carbons (Fsp3) is 0.480. The van der Waals surface area contributed by atoms with Crippen molar-refractivity contribution in [2.24, 2.45) is 0 Å². The van der Waals surface area contributed by atoms with Crippen molar-refractivity contribution in [2.45, 2.75) is 51.0 Å². The van der Waals surface area contributed by atoms with E-state index in [1.165, 1.54) is 15.9 Å². The van der Waals surface area contributed by atoms with Crippen LogP contribution in [0.1, 0.15) is 44.2 Å². The maximum Gasteiger partial charge on any atom is 0.243 e. The molecule has 0 unspecified atom stereocenters. The molecule has 0 saturated carbocycles. The minimum Gasteiger partial charge on any atom is -0.492 e. The van der Waals surface area contributed by atoms with Crippen LogP contribution in [0.25, 0.3) is 0 Å². The van der Waals surface area contributed by atoms with Crippen molar-refractivity contribution in [3.63, 3.8) is 0 Å². The van der Waals surface area contributed by atoms with Crippen molar-refractivity contribution >= 4 is 21.6 Å². The normalized spacial score (nSPS) is 14.9. The highest BCUT2D eigenvalue weighted by Gasteiger charge is 2.27. The molecule has 3 rings (SSSR count). The zero-order valence-corrected chi connectivity index (χ0v) is 20.7. The Kier molecular flexibility index (Phi) is 8.88. The van der Waals surface area contributed by atoms with Crippen LogP contribution in [0.4, 0.5) is 5.69 Å². The van der Waals surface area contributed by atoms with Crippen molar-refractivity contribution in [1.29, 1.82) is 0 Å². The molecule has 0 bridgehead atoms. The molecule has 1 saturated heterocycles. The Balaban J connectivity index is 1.70. The molecule has 1 fully saturated rings. The number of hydrogen-bond donors (Lipinski definition) is 1. The third-order valence-corrected chi connectivity index (χ3v) is 7.67. The lowest BCUT2D eigenvalue weighted by atomic mass is 10.1. The maximum atomic E-state index is 13.1. The Morgan fingerprint density at radius 3 is 2.33 bits per heavy atom. The molecule has 7 nitrogen and oxygen atoms in total. The molecule has 0 spiro atoms. The summed E-state index contributed by atoms with van der Waals surface area (Å²) in [5.41, 5.74) is 2.79. The van der Waals surface area contributed by atoms with E-state index in [4.69, 9.17) is 4.74 Å². The first-order chi connectivity index (χ1) is 15.8. The summed E-state index contributed by atoms with van der Waals surface area (Å²) in [7, 11) is -1.72. The van der Waals surface area contributed by atoms with Gasteiger partial charge in [-0.1, -0.05) is 37.6 Å². The molecular formula is C25H35N3O4S. The number of nitrogens with one attached hydrogen (secondary N) is 1. The van der Waals surface area contributed by atoms with Gasteiger partial charge in [-0.2, -0.15) is 4.31 Å². The monoisotopic (exact) mass is 473 g/mol. The molecular weight excluding hydrogens is 438 g/mol. The largest absolute Gasteiger partial charge is 0.492 e. The molecule has 180 valence electrons. The molecule has 2 aromatic carbocycles. The molecule has 1 aliphatic heterocycles. The highest BCUT2D eigenvalue weighted by molar-refractivity contribution is 7.89. The second kappa shape index (κ2) is 11.6. The molecule has 1 N–H and O–H groups in total. The van der Waals surface area contributed by atoms with Crippen LogP contribution in [0.2, 0.25) is 0 Å². The third kappa shape index (κ3) is 6.79. The third-order valence-electron chi connectivity index (χ3n) is 5.77. The molecule has 0 radical (unpaired) electrons. The number of carbonyl (C=O) groups excluding carboxylic acids is 1. The first-order valence-electron chi connectivity index (χ1n) is 11.7. The number of ether oxygens (including phenoxy) is 1. The van der Waals surface area contributed by atoms with E-state index in [0.29, 0.717) is 37.7 Å². The quantitative estimate of drug-likeness (QED) is 0.566. The van der Waals surface area contributed by atoms with Gasteiger partial charge in [0.25, 0.3) is 0 Å². The Bertz CT molecular complexity index is 1030. The summed E-state index contributed by atoms with van der Waals surface area (Å²) in [5, 5.41) is 2.86. The summed E-state index contributed by atoms with van der Waals surface area (Å²) < 4.78 is 33.3. The number of sulfonamides is 1. The van der Waals surface area contributed by atoms with E-state index in [9.17, 15) is 13.2 Å². The first kappa shape index (κ1) is 25.2. The molecule has 1 aliphatic rings. The van der Waals surface area contributed by atoms with Crippen LogP contribution in [-0.2, 0) is 27.8 Å². The van der Waals surface area contributed by atoms with Gasteiger partial charge in [0.15, 0.2) is 0 Å². The number of amides is 1. The molecule has 1 amide bonds. The number of piperidine rings is 1. The number of likely N-dealkylation sites (N-methyl/N-ethyl adjacent to an activating group) is 1. The van der Waals surface area contributed by atoms with Gasteiger partial charge < -0.3 is 10.1 Å². The lowest BCUT2D eigenvalue weighted by Gasteiger charge is -2.26. The molecule has 33 heavy (non-hydrogen) atoms. The highest BCUT2D eigenvalue weighted by Crippen LogP contribution is 2.30. The second-order valence-corrected chi connectivity index (χ2v) is 10.4. The molecule has 1 heterocycles. The summed E-state index contributed by atoms with van der Waals surface area (Å²) >= 11 is 0. The van der Waals surface area contributed by atoms with Crippen molar-refractivity contribution in [2.75, 3.05) is 38.6 Å². The Morgan fingerprint density at radius 1 is 1.03 bits per heavy atom. The van der Waals surface area contributed by atoms with Gasteiger partial charge in [-0.15, -0.1) is 0 Å². The predicted octanol–water partition coefficient (Wildman–Crippen LogP) is 3.89. The highest BCUT2D eigenvalue weighted by atomic mass is 32.2. The number of benzene rings is 2. The number of aryl methyl sites for hydroxylation is 1. The summed E-state index contributed by atoms with van der Waals surface area (Å²) in [5.74, 6) is 0.234. The van der Waals surface area contributed by atoms with Crippen LogP contribution >= 0.6 is 0 Å². The van der Waals surface area contributed by atoms with Crippen LogP contribution in [0.15, 0.2) is 47.4 Å². The zero-order chi connectivity index (χ0) is 23.8. The number of anilines is 1. The van der Waals surface area contributed by atoms with Crippen molar-refractivity contribution < 1.29 is 17.9 Å². The topological polar surface area (TPSA) is 79.0 Å². The minimum absolute atomic E-state index is 0.171. The van der Waals surface area contributed by atoms with Gasteiger partial charge >= 0.3 is 0 Å². The Labute approximate surface area is 197 Å². The van der Waals surface area contributed by atoms with Crippen molar-refractivity contribution in [1.82, 2.24) is 9.21 Å². The summed E-state index contributed by atoms with van der Waals surface area (Å²) in [6.07, 6.45) is 3.78. The average molecular weight is 474 g/mol. The van der Waals surface area contributed by atoms with E-state index in [-0.39, 0.29) is 17.3 Å². The maximum absolute atomic E-state index is 13.1. The SMILES string of the molecule is CCOc1ccc(S(=O)(=O)N2CCCCC2)cc1NC(=O)CN(C)Cc1ccc(CC)cc1. The van der Waals surface area contributed by atoms with Crippen LogP contribution in [0.5, 0.6) is 5.75 Å². The van der Waals surface area contributed by atoms with Gasteiger partial charge in [0.2, 0.25) is 15.9 Å². The predicted molar refractivity (Wildman–Crippen MR) is 131 cm³/mol. The van der Waals surface area contributed by atoms with Crippen LogP contribution < -0.4 is 10.1 Å². The fourth-order valence-corrected chi connectivity index (χ4v) is 5.53. The van der Waals surface area contributed by atoms with Gasteiger partial charge in [-0.3, -0.25) is 9.69 Å². The minimum atomic E-state index is -3.61. The van der Waals surface area contributed by atoms with Gasteiger partial charge in [0.05, 0.1) is 23.7 Å². The zero-order valence-electron chi connectivity index (χ0n) is 19.8. The van der Waals surface area contributed by atoms with Crippen LogP contribution in [0.3, 0.4) is 0 Å². The van der Waals surface area contributed by atoms with E-state index in [2.05, 4.69) is 36.5 Å². The van der Waals surface area contributed by atoms with Gasteiger partial charge in [0, 0.05) is 19.6 Å². The van der Waals surface area contributed by atoms with E-state index >= 15 is 0 Å². The number of nitrogens with zero attached hydrogens (tertiary/aromatic N) is 2. The van der Waals surface area contributed by atoms with Crippen LogP contribution in [-0.4, -0.2) is 56.8 Å². The smallest absolute Gasteiger partial charge is 0.243 e. The molecule has 0 aliphatic carbocycles. The van der Waals surface area contributed by atoms with Crippen molar-refractivity contribution in [3.05, 3.63) is 53.6 Å². The van der Waals surface area contributed by atoms with E-state index in [1.807, 2.05) is 18.9 Å². The number of carbonyl (C=O) groups is 1. The van der Waals surface area contributed by atoms with Crippen molar-refractivity contribution in [3.8, 4) is 5.75 Å². The summed E-state index contributed by atoms with van der Waals surface area (Å²) in [6.45, 7) is 6.25. The van der Waals surface area contributed by atoms with Gasteiger partial charge in [-0.25, -0.2) is 8.42 Å². The van der Waals surface area contributed by atoms with E-state index in [1.54, 1.807) is 12.1 Å². The molecule has 0 atom stereocenters. The molecule has 0 aromatic heterocycles. The molecule has 2 aromatic rings. The van der Waals surface area contributed by atoms with Crippen LogP contribution in [0, 0.1) is 0 Å². The standard InChI is InChI=1S/C25H35N3O4S/c1-4-20-9-11-21(12-10-20)18-27(3)19-25(29)26-23-17-22(13-14-24(23)32-5-2)33(30,31)28-15-7-6-8-16-28/h9-14,17H,4-8,15-16,18-19H2,1-3H3,(H,26,29). The second-order valence-electron chi connectivity index (χ2n) is 8.45. The summed E-state index contributed by atoms with van der Waals surface area (Å²) in [4.78, 5) is 14.9. The Morgan fingerprint density at radius 2 is 1.70 bits per heavy atom. The number of rotatable bonds is 10. The first-order valence-corrected chi connectivity index (χ1v) is 13.1. The summed E-state index contributed by atoms with van der Waals surface area (Å²) in [6, 6.07) is 13.0. The molecule has 8 heteroatoms. The average Bonchev–Trinajstić information content (AvgIpc) is 2.81. The lowest BCUT2D eigenvalue weighted by Crippen LogP contribution is -2.35. The number of hydrogen-bond acceptors (Lipinski definition) is 5. The lowest BCUT2D eigenvalue weighted by molar-refractivity contribution is -0.117. The fourth-order valence-electron chi connectivity index (χ4n) is 3.99. The van der Waals surface area contributed by atoms with E-state index < -0.39 is 10.0 Å². The van der Waals surface area contributed by atoms with E-state index in [0.717, 1.165) is 31.2 Å². The Hall–Kier alpha value is -2.42.